The van der Waals surface area contributed by atoms with E-state index in [-0.39, 0.29) is 43.4 Å². The summed E-state index contributed by atoms with van der Waals surface area (Å²) in [7, 11) is 0. The smallest absolute Gasteiger partial charge is 0.135 e. The highest BCUT2D eigenvalue weighted by Crippen LogP contribution is 2.48. The Morgan fingerprint density at radius 3 is 1.84 bits per heavy atom. The first kappa shape index (κ1) is 13.4. The molecule has 0 saturated carbocycles. The van der Waals surface area contributed by atoms with Crippen molar-refractivity contribution in [3.63, 3.8) is 0 Å². The van der Waals surface area contributed by atoms with Crippen LogP contribution in [0.5, 0.6) is 11.5 Å². The molecule has 10 rings (SSSR count). The zero-order chi connectivity index (χ0) is 44.3. The van der Waals surface area contributed by atoms with Crippen LogP contribution in [0.15, 0.2) is 157 Å². The molecule has 0 fully saturated rings. The quantitative estimate of drug-likeness (QED) is 0.187. The van der Waals surface area contributed by atoms with Gasteiger partial charge in [-0.3, -0.25) is 0 Å². The molecular weight excluding hydrogens is 544 g/mol. The molecule has 0 aromatic heterocycles. The molecule has 1 aliphatic heterocycles. The summed E-state index contributed by atoms with van der Waals surface area (Å²) in [4.78, 5) is 0. The van der Waals surface area contributed by atoms with Crippen molar-refractivity contribution in [1.29, 1.82) is 0 Å². The van der Waals surface area contributed by atoms with E-state index in [1.165, 1.54) is 0 Å². The van der Waals surface area contributed by atoms with Crippen LogP contribution in [0.25, 0.3) is 87.6 Å². The van der Waals surface area contributed by atoms with Gasteiger partial charge in [-0.15, -0.1) is 0 Å². The van der Waals surface area contributed by atoms with Crippen molar-refractivity contribution in [2.75, 3.05) is 0 Å². The molecule has 0 aliphatic carbocycles. The molecule has 0 N–H and O–H groups in total. The Kier molecular flexibility index (Phi) is 2.76. The van der Waals surface area contributed by atoms with E-state index in [0.717, 1.165) is 16.3 Å². The lowest BCUT2D eigenvalue weighted by Gasteiger charge is -2.22. The van der Waals surface area contributed by atoms with Crippen LogP contribution in [0.1, 0.15) is 23.3 Å². The maximum absolute atomic E-state index is 9.67. The van der Waals surface area contributed by atoms with Crippen molar-refractivity contribution in [1.82, 2.24) is 0 Å². The van der Waals surface area contributed by atoms with Gasteiger partial charge >= 0.3 is 0 Å². The van der Waals surface area contributed by atoms with Gasteiger partial charge in [-0.1, -0.05) is 133 Å². The largest absolute Gasteiger partial charge is 0.456 e. The molecule has 45 heavy (non-hydrogen) atoms. The lowest BCUT2D eigenvalue weighted by atomic mass is 9.87. The number of ether oxygens (including phenoxy) is 1. The van der Waals surface area contributed by atoms with Gasteiger partial charge in [-0.2, -0.15) is 0 Å². The maximum atomic E-state index is 9.67. The van der Waals surface area contributed by atoms with Crippen molar-refractivity contribution in [3.8, 4) is 56.0 Å². The lowest BCUT2D eigenvalue weighted by Crippen LogP contribution is -1.97. The van der Waals surface area contributed by atoms with E-state index in [0.29, 0.717) is 17.1 Å². The fourth-order valence-corrected chi connectivity index (χ4v) is 6.27. The van der Waals surface area contributed by atoms with Crippen LogP contribution in [0.3, 0.4) is 0 Å². The number of benzene rings is 9. The molecule has 1 heteroatoms. The molecule has 0 atom stereocenters. The van der Waals surface area contributed by atoms with E-state index < -0.39 is 125 Å². The zero-order valence-electron chi connectivity index (χ0n) is 40.1. The van der Waals surface area contributed by atoms with Gasteiger partial charge in [0.25, 0.3) is 0 Å². The minimum absolute atomic E-state index is 0.116. The topological polar surface area (TPSA) is 9.23 Å². The average molecular weight is 588 g/mol. The maximum Gasteiger partial charge on any atom is 0.135 e. The minimum atomic E-state index is -0.765. The standard InChI is InChI=1S/C44H26O/c1-2-7-27(8-3-1)34-20-15-29-18-23-38-35(21-16-30-17-22-37(34)43(29)44(30)38)33-12-4-11-31(25-33)32-19-24-40-39(26-32)36-13-5-9-28-10-6-14-41(45-40)42(28)36/h1-26H/i1D,2D,3D,4D,7D,8D,11D,12D,15D,16D,17D,18D,20D,21D,22D,23D,25D. The number of rotatable bonds is 3. The van der Waals surface area contributed by atoms with Gasteiger partial charge in [0.05, 0.1) is 23.3 Å². The SMILES string of the molecule is [2H]c1c([2H])c([2H])c(-c2c([2H])c([2H])c3c([2H])c([2H])c4c(-c5c([2H])c([2H])c([2H])c(-c6ccc7c(c6)-c6cccc8cccc(c68)O7)c5[2H])c([2H])c([2H])c5c([2H])c([2H])c2c3c54)c([2H])c1[2H]. The van der Waals surface area contributed by atoms with Crippen molar-refractivity contribution >= 4 is 43.1 Å². The number of hydrogen-bond acceptors (Lipinski definition) is 1. The van der Waals surface area contributed by atoms with Gasteiger partial charge in [0, 0.05) is 10.9 Å². The molecule has 0 saturated heterocycles. The predicted octanol–water partition coefficient (Wildman–Crippen LogP) is 12.5. The van der Waals surface area contributed by atoms with Crippen LogP contribution in [0, 0.1) is 0 Å². The molecule has 1 nitrogen and oxygen atoms in total. The van der Waals surface area contributed by atoms with E-state index in [9.17, 15) is 11.0 Å². The van der Waals surface area contributed by atoms with Crippen LogP contribution in [-0.2, 0) is 0 Å². The van der Waals surface area contributed by atoms with Gasteiger partial charge in [-0.25, -0.2) is 0 Å². The Morgan fingerprint density at radius 2 is 1.07 bits per heavy atom. The first-order valence-electron chi connectivity index (χ1n) is 22.6. The molecule has 0 amide bonds. The minimum Gasteiger partial charge on any atom is -0.456 e. The molecule has 1 heterocycles. The summed E-state index contributed by atoms with van der Waals surface area (Å²) in [6.07, 6.45) is 0. The van der Waals surface area contributed by atoms with Crippen molar-refractivity contribution in [3.05, 3.63) is 157 Å². The van der Waals surface area contributed by atoms with Crippen LogP contribution in [-0.4, -0.2) is 0 Å². The second-order valence-electron chi connectivity index (χ2n) is 10.7. The summed E-state index contributed by atoms with van der Waals surface area (Å²) in [5, 5.41) is -0.109. The third-order valence-corrected chi connectivity index (χ3v) is 8.27. The molecule has 9 aromatic rings. The van der Waals surface area contributed by atoms with E-state index in [4.69, 9.17) is 17.1 Å². The molecule has 9 aromatic carbocycles. The molecule has 0 spiro atoms. The average Bonchev–Trinajstić information content (AvgIpc) is 3.25. The summed E-state index contributed by atoms with van der Waals surface area (Å²) in [6.45, 7) is 0. The summed E-state index contributed by atoms with van der Waals surface area (Å²) < 4.78 is 159. The van der Waals surface area contributed by atoms with Gasteiger partial charge in [-0.05, 0) is 101 Å². The molecule has 1 aliphatic rings. The van der Waals surface area contributed by atoms with E-state index in [1.807, 2.05) is 36.4 Å². The predicted molar refractivity (Wildman–Crippen MR) is 189 cm³/mol. The van der Waals surface area contributed by atoms with Crippen LogP contribution >= 0.6 is 0 Å². The highest BCUT2D eigenvalue weighted by molar-refractivity contribution is 6.27. The highest BCUT2D eigenvalue weighted by atomic mass is 16.5. The van der Waals surface area contributed by atoms with Crippen molar-refractivity contribution in [2.24, 2.45) is 0 Å². The van der Waals surface area contributed by atoms with E-state index in [2.05, 4.69) is 0 Å². The molecule has 0 radical (unpaired) electrons. The highest BCUT2D eigenvalue weighted by Gasteiger charge is 2.21. The van der Waals surface area contributed by atoms with Crippen LogP contribution in [0.4, 0.5) is 0 Å². The fourth-order valence-electron chi connectivity index (χ4n) is 6.27. The van der Waals surface area contributed by atoms with E-state index >= 15 is 0 Å². The number of fused-ring (bicyclic) bond motifs is 2. The second-order valence-corrected chi connectivity index (χ2v) is 10.7. The number of hydrogen-bond donors (Lipinski definition) is 0. The third-order valence-electron chi connectivity index (χ3n) is 8.27. The Hall–Kier alpha value is -5.92. The van der Waals surface area contributed by atoms with E-state index in [1.54, 1.807) is 18.2 Å². The Bertz CT molecular complexity index is 3550. The van der Waals surface area contributed by atoms with Gasteiger partial charge in [0.2, 0.25) is 0 Å². The monoisotopic (exact) mass is 587 g/mol. The van der Waals surface area contributed by atoms with Crippen LogP contribution < -0.4 is 4.74 Å². The molecule has 0 unspecified atom stereocenters. The van der Waals surface area contributed by atoms with Gasteiger partial charge in [0.1, 0.15) is 11.5 Å². The third kappa shape index (κ3) is 3.62. The molecule has 0 bridgehead atoms. The normalized spacial score (nSPS) is 17.5. The van der Waals surface area contributed by atoms with Crippen LogP contribution in [0.2, 0.25) is 0 Å². The zero-order valence-corrected chi connectivity index (χ0v) is 23.1. The lowest BCUT2D eigenvalue weighted by molar-refractivity contribution is 0.487. The van der Waals surface area contributed by atoms with Crippen molar-refractivity contribution < 1.29 is 28.0 Å². The Morgan fingerprint density at radius 1 is 0.400 bits per heavy atom. The summed E-state index contributed by atoms with van der Waals surface area (Å²) >= 11 is 0. The molecular formula is C44H26O. The summed E-state index contributed by atoms with van der Waals surface area (Å²) in [6, 6.07) is 4.67. The Balaban J connectivity index is 1.35. The van der Waals surface area contributed by atoms with Gasteiger partial charge < -0.3 is 4.74 Å². The molecule has 208 valence electrons. The van der Waals surface area contributed by atoms with Gasteiger partial charge in [0.15, 0.2) is 0 Å². The first-order chi connectivity index (χ1) is 29.4. The second kappa shape index (κ2) is 9.29. The fraction of sp³-hybridized carbons (Fsp3) is 0. The summed E-state index contributed by atoms with van der Waals surface area (Å²) in [5.41, 5.74) is -0.259. The van der Waals surface area contributed by atoms with Crippen molar-refractivity contribution in [2.45, 2.75) is 0 Å². The summed E-state index contributed by atoms with van der Waals surface area (Å²) in [5.74, 6) is 1.14. The Labute approximate surface area is 284 Å². The first-order valence-corrected chi connectivity index (χ1v) is 14.1.